The molecule has 0 saturated carbocycles. The number of phosphoric acid groups is 2. The van der Waals surface area contributed by atoms with Gasteiger partial charge in [0.15, 0.2) is 12.2 Å². The lowest BCUT2D eigenvalue weighted by Crippen LogP contribution is -2.30. The molecule has 0 bridgehead atoms. The minimum absolute atomic E-state index is 0.103. The first-order valence-electron chi connectivity index (χ1n) is 34.2. The smallest absolute Gasteiger partial charge is 0.462 e. The van der Waals surface area contributed by atoms with E-state index in [1.807, 2.05) is 0 Å². The Bertz CT molecular complexity index is 1700. The van der Waals surface area contributed by atoms with Gasteiger partial charge in [-0.15, -0.1) is 0 Å². The number of hydrogen-bond donors (Lipinski definition) is 3. The summed E-state index contributed by atoms with van der Waals surface area (Å²) in [4.78, 5) is 72.3. The van der Waals surface area contributed by atoms with Gasteiger partial charge in [0.1, 0.15) is 19.3 Å². The maximum absolute atomic E-state index is 13.0. The van der Waals surface area contributed by atoms with Crippen molar-refractivity contribution in [3.8, 4) is 0 Å². The van der Waals surface area contributed by atoms with Crippen molar-refractivity contribution < 1.29 is 80.2 Å². The van der Waals surface area contributed by atoms with Crippen LogP contribution in [0.4, 0.5) is 0 Å². The number of phosphoric ester groups is 2. The molecule has 0 radical (unpaired) electrons. The van der Waals surface area contributed by atoms with E-state index in [1.165, 1.54) is 116 Å². The Morgan fingerprint density at radius 3 is 0.835 bits per heavy atom. The lowest BCUT2D eigenvalue weighted by atomic mass is 9.99. The predicted octanol–water partition coefficient (Wildman–Crippen LogP) is 18.1. The van der Waals surface area contributed by atoms with E-state index in [2.05, 4.69) is 55.4 Å². The van der Waals surface area contributed by atoms with E-state index >= 15 is 0 Å². The quantitative estimate of drug-likeness (QED) is 0.0222. The normalized spacial score (nSPS) is 14.7. The van der Waals surface area contributed by atoms with Crippen LogP contribution in [0.15, 0.2) is 0 Å². The van der Waals surface area contributed by atoms with Crippen LogP contribution in [0.1, 0.15) is 319 Å². The average Bonchev–Trinajstić information content (AvgIpc) is 3.52. The second-order valence-electron chi connectivity index (χ2n) is 25.5. The number of esters is 4. The molecule has 0 aromatic heterocycles. The lowest BCUT2D eigenvalue weighted by molar-refractivity contribution is -0.161. The highest BCUT2D eigenvalue weighted by molar-refractivity contribution is 7.47. The van der Waals surface area contributed by atoms with E-state index in [4.69, 9.17) is 37.0 Å². The summed E-state index contributed by atoms with van der Waals surface area (Å²) in [5.41, 5.74) is 0. The second-order valence-corrected chi connectivity index (χ2v) is 28.4. The number of carbonyl (C=O) groups is 4. The Hall–Kier alpha value is -1.94. The third-order valence-electron chi connectivity index (χ3n) is 15.4. The second kappa shape index (κ2) is 56.1. The number of rotatable bonds is 63. The molecule has 0 heterocycles. The van der Waals surface area contributed by atoms with Crippen LogP contribution in [-0.2, 0) is 65.4 Å². The van der Waals surface area contributed by atoms with Crippen LogP contribution in [0.2, 0.25) is 0 Å². The van der Waals surface area contributed by atoms with Crippen molar-refractivity contribution in [2.45, 2.75) is 337 Å². The van der Waals surface area contributed by atoms with E-state index in [1.54, 1.807) is 0 Å². The molecule has 0 spiro atoms. The number of unbranched alkanes of at least 4 members (excludes halogenated alkanes) is 28. The first-order valence-corrected chi connectivity index (χ1v) is 37.2. The highest BCUT2D eigenvalue weighted by Crippen LogP contribution is 2.45. The van der Waals surface area contributed by atoms with Gasteiger partial charge in [-0.05, 0) is 49.4 Å². The maximum atomic E-state index is 13.0. The molecular weight excluding hydrogens is 1130 g/mol. The van der Waals surface area contributed by atoms with Crippen molar-refractivity contribution >= 4 is 39.5 Å². The average molecular weight is 1260 g/mol. The molecule has 0 saturated heterocycles. The highest BCUT2D eigenvalue weighted by Gasteiger charge is 2.30. The number of carbonyl (C=O) groups excluding carboxylic acids is 4. The van der Waals surface area contributed by atoms with Crippen molar-refractivity contribution in [1.82, 2.24) is 0 Å². The van der Waals surface area contributed by atoms with E-state index < -0.39 is 97.5 Å². The molecule has 6 atom stereocenters. The zero-order chi connectivity index (χ0) is 63.2. The summed E-state index contributed by atoms with van der Waals surface area (Å²) in [5.74, 6) is 0.798. The molecule has 504 valence electrons. The molecule has 0 amide bonds. The van der Waals surface area contributed by atoms with Crippen LogP contribution in [0.25, 0.3) is 0 Å². The maximum Gasteiger partial charge on any atom is 0.472 e. The van der Waals surface area contributed by atoms with Gasteiger partial charge in [-0.2, -0.15) is 0 Å². The van der Waals surface area contributed by atoms with Crippen molar-refractivity contribution in [3.05, 3.63) is 0 Å². The van der Waals surface area contributed by atoms with Crippen LogP contribution in [0.3, 0.4) is 0 Å². The molecule has 0 aliphatic rings. The predicted molar refractivity (Wildman–Crippen MR) is 340 cm³/mol. The number of hydrogen-bond acceptors (Lipinski definition) is 15. The first kappa shape index (κ1) is 83.1. The minimum atomic E-state index is -4.95. The number of ether oxygens (including phenoxy) is 4. The van der Waals surface area contributed by atoms with Gasteiger partial charge in [-0.25, -0.2) is 9.13 Å². The third kappa shape index (κ3) is 59.5. The highest BCUT2D eigenvalue weighted by atomic mass is 31.2. The van der Waals surface area contributed by atoms with E-state index in [-0.39, 0.29) is 25.7 Å². The summed E-state index contributed by atoms with van der Waals surface area (Å²) in [6.07, 6.45) is 36.3. The molecule has 0 fully saturated rings. The lowest BCUT2D eigenvalue weighted by Gasteiger charge is -2.21. The Kier molecular flexibility index (Phi) is 54.8. The fourth-order valence-corrected chi connectivity index (χ4v) is 11.3. The Balaban J connectivity index is 5.27. The van der Waals surface area contributed by atoms with Crippen molar-refractivity contribution in [2.75, 3.05) is 39.6 Å². The van der Waals surface area contributed by atoms with Crippen LogP contribution < -0.4 is 0 Å². The summed E-state index contributed by atoms with van der Waals surface area (Å²) < 4.78 is 68.1. The minimum Gasteiger partial charge on any atom is -0.462 e. The summed E-state index contributed by atoms with van der Waals surface area (Å²) >= 11 is 0. The van der Waals surface area contributed by atoms with Crippen molar-refractivity contribution in [1.29, 1.82) is 0 Å². The zero-order valence-corrected chi connectivity index (χ0v) is 57.0. The molecule has 85 heavy (non-hydrogen) atoms. The molecule has 3 N–H and O–H groups in total. The van der Waals surface area contributed by atoms with E-state index in [0.29, 0.717) is 31.6 Å². The molecule has 0 aromatic rings. The van der Waals surface area contributed by atoms with Gasteiger partial charge in [0.2, 0.25) is 0 Å². The topological polar surface area (TPSA) is 237 Å². The van der Waals surface area contributed by atoms with Gasteiger partial charge in [-0.1, -0.05) is 267 Å². The molecular formula is C66H128O17P2. The van der Waals surface area contributed by atoms with Gasteiger partial charge >= 0.3 is 39.5 Å². The van der Waals surface area contributed by atoms with Gasteiger partial charge in [0.05, 0.1) is 26.4 Å². The third-order valence-corrected chi connectivity index (χ3v) is 17.3. The summed E-state index contributed by atoms with van der Waals surface area (Å²) in [7, 11) is -9.89. The van der Waals surface area contributed by atoms with Crippen LogP contribution in [0, 0.1) is 23.7 Å². The fraction of sp³-hybridized carbons (Fsp3) is 0.939. The summed E-state index contributed by atoms with van der Waals surface area (Å²) in [5, 5.41) is 10.6. The van der Waals surface area contributed by atoms with E-state index in [9.17, 15) is 43.2 Å². The zero-order valence-electron chi connectivity index (χ0n) is 55.2. The Morgan fingerprint density at radius 1 is 0.329 bits per heavy atom. The summed E-state index contributed by atoms with van der Waals surface area (Å²) in [6.45, 7) is 14.0. The Morgan fingerprint density at radius 2 is 0.565 bits per heavy atom. The molecule has 19 heteroatoms. The summed E-state index contributed by atoms with van der Waals surface area (Å²) in [6, 6.07) is 0. The largest absolute Gasteiger partial charge is 0.472 e. The molecule has 0 aromatic carbocycles. The molecule has 0 aliphatic heterocycles. The van der Waals surface area contributed by atoms with Crippen molar-refractivity contribution in [2.24, 2.45) is 23.7 Å². The fourth-order valence-electron chi connectivity index (χ4n) is 9.75. The monoisotopic (exact) mass is 1250 g/mol. The van der Waals surface area contributed by atoms with Crippen LogP contribution in [-0.4, -0.2) is 96.7 Å². The van der Waals surface area contributed by atoms with Gasteiger partial charge < -0.3 is 33.8 Å². The Labute approximate surface area is 517 Å². The SMILES string of the molecule is CCC(C)CCCCCCCCCCC(=O)O[C@H](COC(=O)CCCCCCCCCCCC(C)C)COP(=O)(O)OCC(O)COP(=O)(O)OC[C@@H](COC(=O)CCCCCCCCCC(C)C)OC(=O)CCCCCCCCCCC(C)C. The molecule has 0 rings (SSSR count). The van der Waals surface area contributed by atoms with Crippen LogP contribution >= 0.6 is 15.6 Å². The molecule has 0 aliphatic carbocycles. The van der Waals surface area contributed by atoms with Crippen molar-refractivity contribution in [3.63, 3.8) is 0 Å². The van der Waals surface area contributed by atoms with E-state index in [0.717, 1.165) is 114 Å². The van der Waals surface area contributed by atoms with Gasteiger partial charge in [0, 0.05) is 25.7 Å². The van der Waals surface area contributed by atoms with Gasteiger partial charge in [-0.3, -0.25) is 37.3 Å². The van der Waals surface area contributed by atoms with Gasteiger partial charge in [0.25, 0.3) is 0 Å². The standard InChI is InChI=1S/C66H128O17P2/c1-9-59(8)45-37-29-21-14-16-24-33-41-49-66(71)83-61(52-76-63(68)46-38-30-22-12-10-11-18-26-34-42-56(2)3)54-80-84(72,73)78-50-60(67)51-79-85(74,75)81-55-62(53-77-64(69)47-39-31-25-17-20-28-36-44-58(6)7)82-65(70)48-40-32-23-15-13-19-27-35-43-57(4)5/h56-62,67H,9-55H2,1-8H3,(H,72,73)(H,74,75)/t59?,60?,61-,62-/m1/s1. The van der Waals surface area contributed by atoms with Crippen LogP contribution in [0.5, 0.6) is 0 Å². The molecule has 17 nitrogen and oxygen atoms in total. The number of aliphatic hydroxyl groups is 1. The number of aliphatic hydroxyl groups excluding tert-OH is 1. The molecule has 4 unspecified atom stereocenters. The first-order chi connectivity index (χ1) is 40.6.